The summed E-state index contributed by atoms with van der Waals surface area (Å²) < 4.78 is 39.0. The van der Waals surface area contributed by atoms with Crippen molar-refractivity contribution in [2.75, 3.05) is 5.32 Å². The molecule has 0 aliphatic carbocycles. The molecule has 1 N–H and O–H groups in total. The molecule has 114 valence electrons. The first-order valence-electron chi connectivity index (χ1n) is 6.29. The van der Waals surface area contributed by atoms with Crippen molar-refractivity contribution in [3.63, 3.8) is 0 Å². The van der Waals surface area contributed by atoms with Crippen molar-refractivity contribution in [1.82, 2.24) is 9.97 Å². The molecular formula is C14H10F3N3S2. The van der Waals surface area contributed by atoms with Crippen molar-refractivity contribution in [1.29, 1.82) is 0 Å². The molecular weight excluding hydrogens is 331 g/mol. The van der Waals surface area contributed by atoms with Crippen molar-refractivity contribution in [2.24, 2.45) is 0 Å². The van der Waals surface area contributed by atoms with Crippen LogP contribution >= 0.6 is 22.7 Å². The number of anilines is 1. The fraction of sp³-hybridized carbons (Fsp3) is 0.143. The van der Waals surface area contributed by atoms with Gasteiger partial charge in [-0.2, -0.15) is 13.2 Å². The number of nitrogens with zero attached hydrogens (tertiary/aromatic N) is 2. The molecule has 0 atom stereocenters. The van der Waals surface area contributed by atoms with Gasteiger partial charge in [0.15, 0.2) is 5.69 Å². The monoisotopic (exact) mass is 341 g/mol. The van der Waals surface area contributed by atoms with E-state index >= 15 is 0 Å². The van der Waals surface area contributed by atoms with Crippen LogP contribution in [0, 0.1) is 0 Å². The summed E-state index contributed by atoms with van der Waals surface area (Å²) >= 11 is 2.85. The van der Waals surface area contributed by atoms with Crippen LogP contribution in [-0.4, -0.2) is 9.97 Å². The number of nitrogens with one attached hydrogen (secondary N) is 1. The van der Waals surface area contributed by atoms with E-state index in [0.29, 0.717) is 11.4 Å². The maximum atomic E-state index is 13.0. The van der Waals surface area contributed by atoms with Gasteiger partial charge >= 0.3 is 6.18 Å². The van der Waals surface area contributed by atoms with Crippen LogP contribution in [0.15, 0.2) is 41.1 Å². The molecule has 0 aromatic carbocycles. The Morgan fingerprint density at radius 3 is 2.45 bits per heavy atom. The first kappa shape index (κ1) is 15.0. The molecule has 8 heteroatoms. The Morgan fingerprint density at radius 1 is 1.05 bits per heavy atom. The molecule has 0 aliphatic heterocycles. The van der Waals surface area contributed by atoms with E-state index in [1.807, 2.05) is 17.5 Å². The number of aromatic nitrogens is 2. The van der Waals surface area contributed by atoms with Gasteiger partial charge < -0.3 is 5.32 Å². The van der Waals surface area contributed by atoms with E-state index < -0.39 is 11.9 Å². The first-order valence-corrected chi connectivity index (χ1v) is 8.05. The molecule has 3 rings (SSSR count). The number of rotatable bonds is 4. The van der Waals surface area contributed by atoms with Gasteiger partial charge in [-0.15, -0.1) is 22.7 Å². The predicted octanol–water partition coefficient (Wildman–Crippen LogP) is 4.90. The van der Waals surface area contributed by atoms with E-state index in [0.717, 1.165) is 10.9 Å². The second-order valence-electron chi connectivity index (χ2n) is 4.37. The van der Waals surface area contributed by atoms with Gasteiger partial charge in [-0.25, -0.2) is 9.97 Å². The van der Waals surface area contributed by atoms with Crippen molar-refractivity contribution in [3.05, 3.63) is 51.7 Å². The molecule has 3 heterocycles. The summed E-state index contributed by atoms with van der Waals surface area (Å²) in [4.78, 5) is 9.43. The Morgan fingerprint density at radius 2 is 1.82 bits per heavy atom. The maximum Gasteiger partial charge on any atom is 0.433 e. The van der Waals surface area contributed by atoms with E-state index in [1.165, 1.54) is 22.7 Å². The highest BCUT2D eigenvalue weighted by Crippen LogP contribution is 2.32. The Balaban J connectivity index is 1.92. The molecule has 0 aliphatic rings. The molecule has 22 heavy (non-hydrogen) atoms. The van der Waals surface area contributed by atoms with E-state index in [1.54, 1.807) is 17.5 Å². The quantitative estimate of drug-likeness (QED) is 0.734. The topological polar surface area (TPSA) is 37.8 Å². The Hall–Kier alpha value is -1.93. The molecule has 0 saturated carbocycles. The average Bonchev–Trinajstić information content (AvgIpc) is 3.17. The summed E-state index contributed by atoms with van der Waals surface area (Å²) in [5.41, 5.74) is -0.675. The van der Waals surface area contributed by atoms with Gasteiger partial charge in [0.1, 0.15) is 0 Å². The molecule has 0 amide bonds. The third-order valence-corrected chi connectivity index (χ3v) is 4.56. The summed E-state index contributed by atoms with van der Waals surface area (Å²) in [5, 5.41) is 6.55. The number of thiophene rings is 2. The van der Waals surface area contributed by atoms with Crippen LogP contribution in [-0.2, 0) is 12.7 Å². The number of alkyl halides is 3. The third kappa shape index (κ3) is 3.45. The van der Waals surface area contributed by atoms with E-state index in [9.17, 15) is 13.2 Å². The molecule has 0 unspecified atom stereocenters. The summed E-state index contributed by atoms with van der Waals surface area (Å²) in [6.45, 7) is 0.392. The van der Waals surface area contributed by atoms with Gasteiger partial charge in [-0.05, 0) is 29.0 Å². The summed E-state index contributed by atoms with van der Waals surface area (Å²) in [6, 6.07) is 8.25. The van der Waals surface area contributed by atoms with Crippen LogP contribution in [0.5, 0.6) is 0 Å². The van der Waals surface area contributed by atoms with E-state index in [2.05, 4.69) is 15.3 Å². The largest absolute Gasteiger partial charge is 0.433 e. The summed E-state index contributed by atoms with van der Waals surface area (Å²) in [6.07, 6.45) is -4.51. The highest BCUT2D eigenvalue weighted by Gasteiger charge is 2.33. The Labute approximate surface area is 132 Å². The van der Waals surface area contributed by atoms with E-state index in [4.69, 9.17) is 0 Å². The molecule has 0 spiro atoms. The predicted molar refractivity (Wildman–Crippen MR) is 82.0 cm³/mol. The molecule has 3 nitrogen and oxygen atoms in total. The Bertz CT molecular complexity index is 737. The zero-order chi connectivity index (χ0) is 15.6. The lowest BCUT2D eigenvalue weighted by molar-refractivity contribution is -0.141. The lowest BCUT2D eigenvalue weighted by Gasteiger charge is -2.10. The Kier molecular flexibility index (Phi) is 4.12. The minimum Gasteiger partial charge on any atom is -0.349 e. The fourth-order valence-corrected chi connectivity index (χ4v) is 3.13. The fourth-order valence-electron chi connectivity index (χ4n) is 1.80. The average molecular weight is 341 g/mol. The second kappa shape index (κ2) is 6.05. The lowest BCUT2D eigenvalue weighted by atomic mass is 10.3. The maximum absolute atomic E-state index is 13.0. The van der Waals surface area contributed by atoms with Crippen LogP contribution in [0.3, 0.4) is 0 Å². The zero-order valence-corrected chi connectivity index (χ0v) is 12.7. The summed E-state index contributed by atoms with van der Waals surface area (Å²) in [5.74, 6) is -0.0216. The van der Waals surface area contributed by atoms with E-state index in [-0.39, 0.29) is 11.6 Å². The SMILES string of the molecule is FC(F)(F)c1cc(-c2cccs2)nc(NCc2cccs2)n1. The molecule has 3 aromatic heterocycles. The standard InChI is InChI=1S/C14H10F3N3S2/c15-14(16,17)12-7-10(11-4-2-6-22-11)19-13(20-12)18-8-9-3-1-5-21-9/h1-7H,8H2,(H,18,19,20). The van der Waals surface area contributed by atoms with Crippen molar-refractivity contribution < 1.29 is 13.2 Å². The molecule has 3 aromatic rings. The van der Waals surface area contributed by atoms with Crippen LogP contribution in [0.25, 0.3) is 10.6 Å². The normalized spacial score (nSPS) is 11.6. The highest BCUT2D eigenvalue weighted by atomic mass is 32.1. The van der Waals surface area contributed by atoms with Crippen LogP contribution in [0.1, 0.15) is 10.6 Å². The van der Waals surface area contributed by atoms with Crippen molar-refractivity contribution >= 4 is 28.6 Å². The number of halogens is 3. The molecule has 0 radical (unpaired) electrons. The van der Waals surface area contributed by atoms with Gasteiger partial charge in [0.05, 0.1) is 17.1 Å². The van der Waals surface area contributed by atoms with Gasteiger partial charge in [-0.1, -0.05) is 12.1 Å². The number of hydrogen-bond donors (Lipinski definition) is 1. The summed E-state index contributed by atoms with van der Waals surface area (Å²) in [7, 11) is 0. The zero-order valence-electron chi connectivity index (χ0n) is 11.1. The molecule has 0 saturated heterocycles. The van der Waals surface area contributed by atoms with Crippen molar-refractivity contribution in [3.8, 4) is 10.6 Å². The lowest BCUT2D eigenvalue weighted by Crippen LogP contribution is -2.12. The first-order chi connectivity index (χ1) is 10.5. The van der Waals surface area contributed by atoms with Gasteiger partial charge in [0.2, 0.25) is 5.95 Å². The smallest absolute Gasteiger partial charge is 0.349 e. The third-order valence-electron chi connectivity index (χ3n) is 2.79. The van der Waals surface area contributed by atoms with Gasteiger partial charge in [0, 0.05) is 4.88 Å². The van der Waals surface area contributed by atoms with Gasteiger partial charge in [-0.3, -0.25) is 0 Å². The van der Waals surface area contributed by atoms with Crippen molar-refractivity contribution in [2.45, 2.75) is 12.7 Å². The second-order valence-corrected chi connectivity index (χ2v) is 6.35. The van der Waals surface area contributed by atoms with Crippen LogP contribution in [0.4, 0.5) is 19.1 Å². The van der Waals surface area contributed by atoms with Gasteiger partial charge in [0.25, 0.3) is 0 Å². The minimum absolute atomic E-state index is 0.0216. The minimum atomic E-state index is -4.51. The molecule has 0 fully saturated rings. The van der Waals surface area contributed by atoms with Crippen LogP contribution < -0.4 is 5.32 Å². The van der Waals surface area contributed by atoms with Crippen LogP contribution in [0.2, 0.25) is 0 Å². The number of hydrogen-bond acceptors (Lipinski definition) is 5. The molecule has 0 bridgehead atoms. The highest BCUT2D eigenvalue weighted by molar-refractivity contribution is 7.13.